The summed E-state index contributed by atoms with van der Waals surface area (Å²) in [5.74, 6) is -1.49. The van der Waals surface area contributed by atoms with Crippen molar-refractivity contribution >= 4 is 11.6 Å². The highest BCUT2D eigenvalue weighted by atomic mass is 16.9. The van der Waals surface area contributed by atoms with Gasteiger partial charge < -0.3 is 33.7 Å². The zero-order valence-corrected chi connectivity index (χ0v) is 16.1. The van der Waals surface area contributed by atoms with Crippen LogP contribution < -0.4 is 10.1 Å². The second kappa shape index (κ2) is 6.42. The van der Waals surface area contributed by atoms with Crippen molar-refractivity contribution in [2.75, 3.05) is 12.4 Å². The van der Waals surface area contributed by atoms with Crippen molar-refractivity contribution in [1.29, 1.82) is 0 Å². The summed E-state index contributed by atoms with van der Waals surface area (Å²) in [5, 5.41) is 2.85. The lowest BCUT2D eigenvalue weighted by atomic mass is 9.98. The van der Waals surface area contributed by atoms with Gasteiger partial charge in [0.1, 0.15) is 24.1 Å². The van der Waals surface area contributed by atoms with Gasteiger partial charge in [-0.2, -0.15) is 0 Å². The molecule has 1 amide bonds. The molecule has 0 bridgehead atoms. The number of nitrogens with one attached hydrogen (secondary N) is 1. The number of fused-ring (bicyclic) bond motifs is 3. The third-order valence-electron chi connectivity index (χ3n) is 4.78. The van der Waals surface area contributed by atoms with E-state index < -0.39 is 42.3 Å². The van der Waals surface area contributed by atoms with Crippen LogP contribution in [0.5, 0.6) is 5.75 Å². The molecule has 27 heavy (non-hydrogen) atoms. The fourth-order valence-electron chi connectivity index (χ4n) is 3.78. The minimum absolute atomic E-state index is 0.359. The summed E-state index contributed by atoms with van der Waals surface area (Å²) < 4.78 is 35.0. The fourth-order valence-corrected chi connectivity index (χ4v) is 3.78. The molecule has 148 valence electrons. The van der Waals surface area contributed by atoms with Crippen molar-refractivity contribution in [1.82, 2.24) is 0 Å². The van der Waals surface area contributed by atoms with Gasteiger partial charge in [0.05, 0.1) is 12.8 Å². The molecule has 0 aliphatic carbocycles. The minimum Gasteiger partial charge on any atom is -0.495 e. The molecule has 0 unspecified atom stereocenters. The van der Waals surface area contributed by atoms with Crippen molar-refractivity contribution in [2.24, 2.45) is 0 Å². The number of hydrogen-bond acceptors (Lipinski definition) is 7. The van der Waals surface area contributed by atoms with Gasteiger partial charge in [-0.15, -0.1) is 0 Å². The van der Waals surface area contributed by atoms with Crippen LogP contribution in [0.1, 0.15) is 27.7 Å². The number of para-hydroxylation sites is 2. The maximum atomic E-state index is 13.0. The van der Waals surface area contributed by atoms with Crippen LogP contribution in [0.3, 0.4) is 0 Å². The second-order valence-electron chi connectivity index (χ2n) is 7.78. The number of amides is 1. The topological polar surface area (TPSA) is 84.5 Å². The molecular weight excluding hydrogens is 354 g/mol. The highest BCUT2D eigenvalue weighted by Gasteiger charge is 2.62. The molecule has 3 heterocycles. The summed E-state index contributed by atoms with van der Waals surface area (Å²) >= 11 is 0. The average molecular weight is 379 g/mol. The molecule has 3 aliphatic heterocycles. The zero-order chi connectivity index (χ0) is 19.4. The number of ether oxygens (including phenoxy) is 6. The molecular formula is C19H25NO7. The van der Waals surface area contributed by atoms with Crippen LogP contribution in [0.4, 0.5) is 5.69 Å². The van der Waals surface area contributed by atoms with Crippen LogP contribution >= 0.6 is 0 Å². The Labute approximate surface area is 158 Å². The number of carbonyl (C=O) groups excluding carboxylic acids is 1. The molecule has 0 radical (unpaired) electrons. The lowest BCUT2D eigenvalue weighted by Gasteiger charge is -2.36. The monoisotopic (exact) mass is 379 g/mol. The minimum atomic E-state index is -0.916. The molecule has 3 fully saturated rings. The van der Waals surface area contributed by atoms with Gasteiger partial charge in [-0.3, -0.25) is 4.79 Å². The molecule has 3 aliphatic rings. The Bertz CT molecular complexity index is 735. The van der Waals surface area contributed by atoms with Crippen molar-refractivity contribution in [3.05, 3.63) is 24.3 Å². The van der Waals surface area contributed by atoms with Crippen LogP contribution in [0.25, 0.3) is 0 Å². The van der Waals surface area contributed by atoms with Gasteiger partial charge in [0.2, 0.25) is 0 Å². The summed E-state index contributed by atoms with van der Waals surface area (Å²) in [6.45, 7) is 7.20. The maximum Gasteiger partial charge on any atom is 0.256 e. The third-order valence-corrected chi connectivity index (χ3v) is 4.78. The van der Waals surface area contributed by atoms with E-state index in [4.69, 9.17) is 28.4 Å². The SMILES string of the molecule is COc1ccccc1NC(=O)[C@@H]1O[C@H]2OC(C)(C)O[C@@H]2[C@H]2OC(C)(C)O[C@@H]21. The Kier molecular flexibility index (Phi) is 4.44. The van der Waals surface area contributed by atoms with E-state index in [-0.39, 0.29) is 5.91 Å². The molecule has 5 atom stereocenters. The smallest absolute Gasteiger partial charge is 0.256 e. The van der Waals surface area contributed by atoms with Crippen molar-refractivity contribution in [3.63, 3.8) is 0 Å². The Hall–Kier alpha value is -1.71. The summed E-state index contributed by atoms with van der Waals surface area (Å²) in [4.78, 5) is 13.0. The molecule has 0 saturated carbocycles. The molecule has 1 N–H and O–H groups in total. The number of anilines is 1. The number of hydrogen-bond donors (Lipinski definition) is 1. The van der Waals surface area contributed by atoms with Crippen molar-refractivity contribution in [2.45, 2.75) is 70.0 Å². The van der Waals surface area contributed by atoms with Gasteiger partial charge >= 0.3 is 0 Å². The molecule has 1 aromatic carbocycles. The highest BCUT2D eigenvalue weighted by molar-refractivity contribution is 5.96. The summed E-state index contributed by atoms with van der Waals surface area (Å²) in [6.07, 6.45) is -3.20. The van der Waals surface area contributed by atoms with E-state index in [1.165, 1.54) is 0 Å². The molecule has 8 heteroatoms. The van der Waals surface area contributed by atoms with Gasteiger partial charge in [-0.05, 0) is 39.8 Å². The summed E-state index contributed by atoms with van der Waals surface area (Å²) in [6, 6.07) is 7.17. The predicted molar refractivity (Wildman–Crippen MR) is 94.1 cm³/mol. The van der Waals surface area contributed by atoms with Crippen molar-refractivity contribution in [3.8, 4) is 5.75 Å². The van der Waals surface area contributed by atoms with Gasteiger partial charge in [0.15, 0.2) is 24.0 Å². The van der Waals surface area contributed by atoms with Crippen LogP contribution in [0, 0.1) is 0 Å². The Morgan fingerprint density at radius 1 is 0.963 bits per heavy atom. The number of methoxy groups -OCH3 is 1. The standard InChI is InChI=1S/C19H25NO7/c1-18(2)24-12-13(25-18)15-17(27-19(3,4)26-15)23-14(12)16(21)20-10-8-6-7-9-11(10)22-5/h6-9,12-15,17H,1-5H3,(H,20,21)/t12-,13-,14+,15+,17-/m0/s1. The lowest BCUT2D eigenvalue weighted by Crippen LogP contribution is -2.58. The predicted octanol–water partition coefficient (Wildman–Crippen LogP) is 2.03. The lowest BCUT2D eigenvalue weighted by molar-refractivity contribution is -0.229. The molecule has 0 aromatic heterocycles. The zero-order valence-electron chi connectivity index (χ0n) is 16.1. The number of benzene rings is 1. The quantitative estimate of drug-likeness (QED) is 0.860. The average Bonchev–Trinajstić information content (AvgIpc) is 3.08. The normalized spacial score (nSPS) is 36.0. The highest BCUT2D eigenvalue weighted by Crippen LogP contribution is 2.44. The first-order valence-electron chi connectivity index (χ1n) is 9.00. The van der Waals surface area contributed by atoms with Crippen LogP contribution in [0.15, 0.2) is 24.3 Å². The van der Waals surface area contributed by atoms with Crippen LogP contribution in [-0.2, 0) is 28.5 Å². The van der Waals surface area contributed by atoms with E-state index >= 15 is 0 Å². The number of rotatable bonds is 3. The molecule has 1 aromatic rings. The molecule has 3 saturated heterocycles. The van der Waals surface area contributed by atoms with E-state index in [1.54, 1.807) is 46.9 Å². The largest absolute Gasteiger partial charge is 0.495 e. The van der Waals surface area contributed by atoms with E-state index in [9.17, 15) is 4.79 Å². The van der Waals surface area contributed by atoms with Gasteiger partial charge in [-0.1, -0.05) is 12.1 Å². The Balaban J connectivity index is 1.59. The van der Waals surface area contributed by atoms with Crippen LogP contribution in [-0.4, -0.2) is 55.3 Å². The van der Waals surface area contributed by atoms with E-state index in [1.807, 2.05) is 12.1 Å². The van der Waals surface area contributed by atoms with Crippen LogP contribution in [0.2, 0.25) is 0 Å². The first-order valence-corrected chi connectivity index (χ1v) is 9.00. The van der Waals surface area contributed by atoms with Gasteiger partial charge in [0, 0.05) is 0 Å². The van der Waals surface area contributed by atoms with E-state index in [2.05, 4.69) is 5.32 Å². The maximum absolute atomic E-state index is 13.0. The Morgan fingerprint density at radius 3 is 2.33 bits per heavy atom. The number of carbonyl (C=O) groups is 1. The first kappa shape index (κ1) is 18.6. The summed E-state index contributed by atoms with van der Waals surface area (Å²) in [7, 11) is 1.55. The first-order chi connectivity index (χ1) is 12.7. The molecule has 0 spiro atoms. The fraction of sp³-hybridized carbons (Fsp3) is 0.632. The summed E-state index contributed by atoms with van der Waals surface area (Å²) in [5.41, 5.74) is 0.550. The molecule has 4 rings (SSSR count). The van der Waals surface area contributed by atoms with E-state index in [0.717, 1.165) is 0 Å². The molecule has 8 nitrogen and oxygen atoms in total. The Morgan fingerprint density at radius 2 is 1.59 bits per heavy atom. The van der Waals surface area contributed by atoms with E-state index in [0.29, 0.717) is 11.4 Å². The van der Waals surface area contributed by atoms with Gasteiger partial charge in [0.25, 0.3) is 5.91 Å². The van der Waals surface area contributed by atoms with Crippen molar-refractivity contribution < 1.29 is 33.2 Å². The second-order valence-corrected chi connectivity index (χ2v) is 7.78. The third kappa shape index (κ3) is 3.43. The van der Waals surface area contributed by atoms with Gasteiger partial charge in [-0.25, -0.2) is 0 Å².